The largest absolute Gasteiger partial charge is 0.497 e. The van der Waals surface area contributed by atoms with E-state index in [1.54, 1.807) is 32.2 Å². The van der Waals surface area contributed by atoms with Crippen LogP contribution in [0, 0.1) is 6.92 Å². The number of benzene rings is 2. The first-order valence-electron chi connectivity index (χ1n) is 6.70. The lowest BCUT2D eigenvalue weighted by Crippen LogP contribution is -2.03. The Hall–Kier alpha value is -2.49. The van der Waals surface area contributed by atoms with Crippen LogP contribution < -0.4 is 9.47 Å². The lowest BCUT2D eigenvalue weighted by atomic mass is 10.1. The number of carboxylic acids is 1. The van der Waals surface area contributed by atoms with Crippen molar-refractivity contribution in [3.63, 3.8) is 0 Å². The van der Waals surface area contributed by atoms with Crippen LogP contribution in [0.25, 0.3) is 0 Å². The SMILES string of the molecule is COc1ccc(CCOc2ccc(C(=O)O)c(C)c2)cc1. The molecule has 0 radical (unpaired) electrons. The predicted molar refractivity (Wildman–Crippen MR) is 80.3 cm³/mol. The van der Waals surface area contributed by atoms with Gasteiger partial charge >= 0.3 is 5.97 Å². The van der Waals surface area contributed by atoms with Crippen LogP contribution >= 0.6 is 0 Å². The molecule has 0 saturated heterocycles. The fourth-order valence-electron chi connectivity index (χ4n) is 2.04. The van der Waals surface area contributed by atoms with Crippen molar-refractivity contribution < 1.29 is 19.4 Å². The van der Waals surface area contributed by atoms with Gasteiger partial charge in [0.25, 0.3) is 0 Å². The summed E-state index contributed by atoms with van der Waals surface area (Å²) in [4.78, 5) is 10.9. The molecule has 0 amide bonds. The molecule has 0 unspecified atom stereocenters. The van der Waals surface area contributed by atoms with Gasteiger partial charge in [-0.05, 0) is 48.4 Å². The Balaban J connectivity index is 1.91. The summed E-state index contributed by atoms with van der Waals surface area (Å²) >= 11 is 0. The lowest BCUT2D eigenvalue weighted by molar-refractivity contribution is 0.0696. The van der Waals surface area contributed by atoms with Crippen LogP contribution in [-0.4, -0.2) is 24.8 Å². The molecule has 0 bridgehead atoms. The highest BCUT2D eigenvalue weighted by atomic mass is 16.5. The molecule has 4 heteroatoms. The summed E-state index contributed by atoms with van der Waals surface area (Å²) in [6.45, 7) is 2.30. The highest BCUT2D eigenvalue weighted by molar-refractivity contribution is 5.89. The standard InChI is InChI=1S/C17H18O4/c1-12-11-15(7-8-16(12)17(18)19)21-10-9-13-3-5-14(20-2)6-4-13/h3-8,11H,9-10H2,1-2H3,(H,18,19). The van der Waals surface area contributed by atoms with Crippen molar-refractivity contribution in [1.82, 2.24) is 0 Å². The normalized spacial score (nSPS) is 10.2. The van der Waals surface area contributed by atoms with Crippen molar-refractivity contribution in [2.24, 2.45) is 0 Å². The van der Waals surface area contributed by atoms with E-state index in [-0.39, 0.29) is 0 Å². The molecule has 2 rings (SSSR count). The highest BCUT2D eigenvalue weighted by Gasteiger charge is 2.07. The van der Waals surface area contributed by atoms with Gasteiger partial charge in [0, 0.05) is 6.42 Å². The number of hydrogen-bond donors (Lipinski definition) is 1. The molecule has 0 heterocycles. The fourth-order valence-corrected chi connectivity index (χ4v) is 2.04. The number of rotatable bonds is 6. The zero-order valence-electron chi connectivity index (χ0n) is 12.1. The Morgan fingerprint density at radius 3 is 2.33 bits per heavy atom. The lowest BCUT2D eigenvalue weighted by Gasteiger charge is -2.09. The van der Waals surface area contributed by atoms with Crippen LogP contribution in [0.1, 0.15) is 21.5 Å². The summed E-state index contributed by atoms with van der Waals surface area (Å²) in [7, 11) is 1.64. The van der Waals surface area contributed by atoms with Gasteiger partial charge in [-0.15, -0.1) is 0 Å². The van der Waals surface area contributed by atoms with Crippen molar-refractivity contribution in [2.45, 2.75) is 13.3 Å². The molecule has 0 atom stereocenters. The maximum atomic E-state index is 10.9. The van der Waals surface area contributed by atoms with E-state index < -0.39 is 5.97 Å². The highest BCUT2D eigenvalue weighted by Crippen LogP contribution is 2.18. The van der Waals surface area contributed by atoms with Crippen LogP contribution in [0.4, 0.5) is 0 Å². The van der Waals surface area contributed by atoms with Crippen LogP contribution in [0.2, 0.25) is 0 Å². The smallest absolute Gasteiger partial charge is 0.335 e. The minimum absolute atomic E-state index is 0.303. The van der Waals surface area contributed by atoms with E-state index in [9.17, 15) is 4.79 Å². The first-order chi connectivity index (χ1) is 10.1. The summed E-state index contributed by atoms with van der Waals surface area (Å²) < 4.78 is 10.8. The molecular weight excluding hydrogens is 268 g/mol. The van der Waals surface area contributed by atoms with Gasteiger partial charge in [0.2, 0.25) is 0 Å². The second-order valence-corrected chi connectivity index (χ2v) is 4.73. The predicted octanol–water partition coefficient (Wildman–Crippen LogP) is 3.32. The van der Waals surface area contributed by atoms with Crippen LogP contribution in [-0.2, 0) is 6.42 Å². The van der Waals surface area contributed by atoms with Crippen LogP contribution in [0.15, 0.2) is 42.5 Å². The number of methoxy groups -OCH3 is 1. The van der Waals surface area contributed by atoms with Crippen molar-refractivity contribution in [1.29, 1.82) is 0 Å². The van der Waals surface area contributed by atoms with Gasteiger partial charge in [-0.3, -0.25) is 0 Å². The van der Waals surface area contributed by atoms with E-state index in [0.29, 0.717) is 23.5 Å². The van der Waals surface area contributed by atoms with E-state index >= 15 is 0 Å². The minimum Gasteiger partial charge on any atom is -0.497 e. The molecule has 0 aliphatic heterocycles. The Bertz CT molecular complexity index is 617. The van der Waals surface area contributed by atoms with Crippen LogP contribution in [0.3, 0.4) is 0 Å². The third kappa shape index (κ3) is 3.99. The zero-order chi connectivity index (χ0) is 15.2. The van der Waals surface area contributed by atoms with Gasteiger partial charge in [0.05, 0.1) is 19.3 Å². The van der Waals surface area contributed by atoms with Crippen molar-refractivity contribution in [2.75, 3.05) is 13.7 Å². The van der Waals surface area contributed by atoms with Gasteiger partial charge < -0.3 is 14.6 Å². The van der Waals surface area contributed by atoms with Gasteiger partial charge in [-0.2, -0.15) is 0 Å². The zero-order valence-corrected chi connectivity index (χ0v) is 12.1. The fraction of sp³-hybridized carbons (Fsp3) is 0.235. The van der Waals surface area contributed by atoms with E-state index in [0.717, 1.165) is 17.7 Å². The Kier molecular flexibility index (Phi) is 4.82. The summed E-state index contributed by atoms with van der Waals surface area (Å²) in [6, 6.07) is 12.8. The number of carbonyl (C=O) groups is 1. The first-order valence-corrected chi connectivity index (χ1v) is 6.70. The summed E-state index contributed by atoms with van der Waals surface area (Å²) in [5.74, 6) is 0.600. The molecule has 4 nitrogen and oxygen atoms in total. The molecule has 0 aliphatic carbocycles. The van der Waals surface area contributed by atoms with E-state index in [1.807, 2.05) is 24.3 Å². The van der Waals surface area contributed by atoms with Crippen LogP contribution in [0.5, 0.6) is 11.5 Å². The Labute approximate surface area is 123 Å². The molecule has 0 saturated carbocycles. The van der Waals surface area contributed by atoms with Gasteiger partial charge in [-0.1, -0.05) is 12.1 Å². The van der Waals surface area contributed by atoms with Gasteiger partial charge in [0.15, 0.2) is 0 Å². The molecular formula is C17H18O4. The van der Waals surface area contributed by atoms with Crippen molar-refractivity contribution in [3.05, 3.63) is 59.2 Å². The Morgan fingerprint density at radius 1 is 1.10 bits per heavy atom. The third-order valence-corrected chi connectivity index (χ3v) is 3.25. The minimum atomic E-state index is -0.919. The quantitative estimate of drug-likeness (QED) is 0.885. The molecule has 0 aromatic heterocycles. The van der Waals surface area contributed by atoms with Crippen molar-refractivity contribution in [3.8, 4) is 11.5 Å². The first kappa shape index (κ1) is 14.9. The summed E-state index contributed by atoms with van der Waals surface area (Å²) in [5, 5.41) is 8.97. The monoisotopic (exact) mass is 286 g/mol. The second-order valence-electron chi connectivity index (χ2n) is 4.73. The Morgan fingerprint density at radius 2 is 1.76 bits per heavy atom. The second kappa shape index (κ2) is 6.79. The summed E-state index contributed by atoms with van der Waals surface area (Å²) in [6.07, 6.45) is 0.781. The summed E-state index contributed by atoms with van der Waals surface area (Å²) in [5.41, 5.74) is 2.16. The molecule has 110 valence electrons. The topological polar surface area (TPSA) is 55.8 Å². The number of aromatic carboxylic acids is 1. The molecule has 21 heavy (non-hydrogen) atoms. The maximum Gasteiger partial charge on any atom is 0.335 e. The molecule has 2 aromatic carbocycles. The number of aryl methyl sites for hydroxylation is 1. The molecule has 1 N–H and O–H groups in total. The molecule has 0 spiro atoms. The van der Waals surface area contributed by atoms with Gasteiger partial charge in [-0.25, -0.2) is 4.79 Å². The van der Waals surface area contributed by atoms with E-state index in [1.165, 1.54) is 0 Å². The van der Waals surface area contributed by atoms with E-state index in [2.05, 4.69) is 0 Å². The third-order valence-electron chi connectivity index (χ3n) is 3.25. The average molecular weight is 286 g/mol. The van der Waals surface area contributed by atoms with Gasteiger partial charge in [0.1, 0.15) is 11.5 Å². The molecule has 2 aromatic rings. The average Bonchev–Trinajstić information content (AvgIpc) is 2.47. The number of carboxylic acid groups (broad SMARTS) is 1. The maximum absolute atomic E-state index is 10.9. The number of ether oxygens (including phenoxy) is 2. The molecule has 0 fully saturated rings. The molecule has 0 aliphatic rings. The number of hydrogen-bond acceptors (Lipinski definition) is 3. The van der Waals surface area contributed by atoms with E-state index in [4.69, 9.17) is 14.6 Å². The van der Waals surface area contributed by atoms with Crippen molar-refractivity contribution >= 4 is 5.97 Å².